The van der Waals surface area contributed by atoms with Gasteiger partial charge in [-0.05, 0) is 70.8 Å². The predicted octanol–water partition coefficient (Wildman–Crippen LogP) is 6.36. The van der Waals surface area contributed by atoms with E-state index in [1.165, 1.54) is 48.9 Å². The number of aryl methyl sites for hydroxylation is 2. The number of rotatable bonds is 3. The van der Waals surface area contributed by atoms with E-state index >= 15 is 0 Å². The maximum atomic E-state index is 2.38. The summed E-state index contributed by atoms with van der Waals surface area (Å²) in [7, 11) is 2.18. The van der Waals surface area contributed by atoms with E-state index in [0.29, 0.717) is 5.92 Å². The lowest BCUT2D eigenvalue weighted by molar-refractivity contribution is -0.665. The lowest BCUT2D eigenvalue weighted by Gasteiger charge is -2.12. The molecule has 0 bridgehead atoms. The first-order chi connectivity index (χ1) is 12.4. The van der Waals surface area contributed by atoms with Gasteiger partial charge in [0.2, 0.25) is 5.69 Å². The first-order valence-corrected chi connectivity index (χ1v) is 10.2. The SMILES string of the molecule is Cc1cc2ccsc2cc1-c1c2ccc(CC(C)C)cc2cc(C)[n+]1C. The number of hydrogen-bond donors (Lipinski definition) is 0. The Morgan fingerprint density at radius 3 is 2.54 bits per heavy atom. The van der Waals surface area contributed by atoms with Crippen LogP contribution in [0.1, 0.15) is 30.7 Å². The van der Waals surface area contributed by atoms with Crippen molar-refractivity contribution in [1.29, 1.82) is 0 Å². The van der Waals surface area contributed by atoms with Gasteiger partial charge in [-0.2, -0.15) is 4.57 Å². The summed E-state index contributed by atoms with van der Waals surface area (Å²) in [6.45, 7) is 9.00. The normalized spacial score (nSPS) is 11.8. The van der Waals surface area contributed by atoms with Crippen molar-refractivity contribution in [3.05, 3.63) is 64.7 Å². The predicted molar refractivity (Wildman–Crippen MR) is 114 cm³/mol. The Labute approximate surface area is 159 Å². The van der Waals surface area contributed by atoms with E-state index in [4.69, 9.17) is 0 Å². The number of hydrogen-bond acceptors (Lipinski definition) is 1. The third-order valence-electron chi connectivity index (χ3n) is 5.30. The molecule has 0 unspecified atom stereocenters. The van der Waals surface area contributed by atoms with Gasteiger partial charge in [0.05, 0.1) is 10.9 Å². The maximum absolute atomic E-state index is 2.38. The molecule has 0 atom stereocenters. The molecule has 0 radical (unpaired) electrons. The molecular weight excluding hydrogens is 334 g/mol. The van der Waals surface area contributed by atoms with Gasteiger partial charge in [0.1, 0.15) is 7.05 Å². The summed E-state index contributed by atoms with van der Waals surface area (Å²) >= 11 is 1.82. The van der Waals surface area contributed by atoms with Gasteiger partial charge in [-0.3, -0.25) is 0 Å². The molecule has 0 amide bonds. The molecule has 0 aliphatic carbocycles. The van der Waals surface area contributed by atoms with E-state index < -0.39 is 0 Å². The van der Waals surface area contributed by atoms with Crippen LogP contribution in [0, 0.1) is 19.8 Å². The molecule has 2 heterocycles. The van der Waals surface area contributed by atoms with Crippen LogP contribution in [0.15, 0.2) is 47.8 Å². The molecule has 26 heavy (non-hydrogen) atoms. The average Bonchev–Trinajstić information content (AvgIpc) is 3.02. The highest BCUT2D eigenvalue weighted by atomic mass is 32.1. The van der Waals surface area contributed by atoms with Gasteiger partial charge < -0.3 is 0 Å². The van der Waals surface area contributed by atoms with Crippen LogP contribution in [0.3, 0.4) is 0 Å². The third kappa shape index (κ3) is 2.93. The van der Waals surface area contributed by atoms with E-state index in [1.54, 1.807) is 0 Å². The van der Waals surface area contributed by atoms with Crippen molar-refractivity contribution in [2.75, 3.05) is 0 Å². The second kappa shape index (κ2) is 6.51. The molecule has 0 saturated carbocycles. The number of thiophene rings is 1. The van der Waals surface area contributed by atoms with Crippen LogP contribution in [0.25, 0.3) is 32.1 Å². The summed E-state index contributed by atoms with van der Waals surface area (Å²) in [6, 6.07) is 16.2. The summed E-state index contributed by atoms with van der Waals surface area (Å²) in [5.74, 6) is 0.677. The van der Waals surface area contributed by atoms with Crippen LogP contribution < -0.4 is 4.57 Å². The van der Waals surface area contributed by atoms with Crippen LogP contribution in [-0.4, -0.2) is 0 Å². The van der Waals surface area contributed by atoms with Crippen LogP contribution in [0.2, 0.25) is 0 Å². The molecule has 4 aromatic rings. The molecule has 2 aromatic carbocycles. The zero-order chi connectivity index (χ0) is 18.4. The van der Waals surface area contributed by atoms with Crippen molar-refractivity contribution in [3.8, 4) is 11.3 Å². The smallest absolute Gasteiger partial charge is 0.198 e. The van der Waals surface area contributed by atoms with Gasteiger partial charge in [-0.25, -0.2) is 0 Å². The number of aromatic nitrogens is 1. The Balaban J connectivity index is 2.00. The molecule has 0 aliphatic heterocycles. The molecule has 0 aliphatic rings. The first kappa shape index (κ1) is 17.2. The Morgan fingerprint density at radius 2 is 1.77 bits per heavy atom. The van der Waals surface area contributed by atoms with Crippen molar-refractivity contribution >= 4 is 32.2 Å². The largest absolute Gasteiger partial charge is 0.220 e. The highest BCUT2D eigenvalue weighted by molar-refractivity contribution is 7.17. The molecule has 0 saturated heterocycles. The first-order valence-electron chi connectivity index (χ1n) is 9.34. The van der Waals surface area contributed by atoms with E-state index in [0.717, 1.165) is 6.42 Å². The monoisotopic (exact) mass is 360 g/mol. The average molecular weight is 361 g/mol. The summed E-state index contributed by atoms with van der Waals surface area (Å²) in [5.41, 5.74) is 6.72. The lowest BCUT2D eigenvalue weighted by Crippen LogP contribution is -2.35. The van der Waals surface area contributed by atoms with Gasteiger partial charge in [-0.15, -0.1) is 11.3 Å². The Morgan fingerprint density at radius 1 is 0.962 bits per heavy atom. The third-order valence-corrected chi connectivity index (χ3v) is 6.18. The number of nitrogens with zero attached hydrogens (tertiary/aromatic N) is 1. The molecule has 1 nitrogen and oxygen atoms in total. The second-order valence-corrected chi connectivity index (χ2v) is 8.79. The molecule has 132 valence electrons. The molecule has 0 fully saturated rings. The highest BCUT2D eigenvalue weighted by Gasteiger charge is 2.20. The quantitative estimate of drug-likeness (QED) is 0.374. The van der Waals surface area contributed by atoms with Crippen molar-refractivity contribution < 1.29 is 4.57 Å². The Kier molecular flexibility index (Phi) is 4.32. The topological polar surface area (TPSA) is 3.88 Å². The van der Waals surface area contributed by atoms with Gasteiger partial charge in [0, 0.05) is 17.7 Å². The summed E-state index contributed by atoms with van der Waals surface area (Å²) in [4.78, 5) is 0. The van der Waals surface area contributed by atoms with Crippen LogP contribution >= 0.6 is 11.3 Å². The number of pyridine rings is 1. The van der Waals surface area contributed by atoms with E-state index in [2.05, 4.69) is 87.2 Å². The van der Waals surface area contributed by atoms with Crippen molar-refractivity contribution in [2.45, 2.75) is 34.1 Å². The number of benzene rings is 2. The van der Waals surface area contributed by atoms with E-state index in [9.17, 15) is 0 Å². The molecule has 2 heteroatoms. The fraction of sp³-hybridized carbons (Fsp3) is 0.292. The Hall–Kier alpha value is -2.19. The highest BCUT2D eigenvalue weighted by Crippen LogP contribution is 2.34. The Bertz CT molecular complexity index is 1120. The minimum Gasteiger partial charge on any atom is -0.198 e. The molecule has 2 aromatic heterocycles. The summed E-state index contributed by atoms with van der Waals surface area (Å²) < 4.78 is 3.70. The van der Waals surface area contributed by atoms with Gasteiger partial charge >= 0.3 is 0 Å². The summed E-state index contributed by atoms with van der Waals surface area (Å²) in [5, 5.41) is 6.21. The van der Waals surface area contributed by atoms with E-state index in [-0.39, 0.29) is 0 Å². The summed E-state index contributed by atoms with van der Waals surface area (Å²) in [6.07, 6.45) is 1.13. The van der Waals surface area contributed by atoms with E-state index in [1.807, 2.05) is 11.3 Å². The van der Waals surface area contributed by atoms with Crippen molar-refractivity contribution in [1.82, 2.24) is 0 Å². The molecule has 0 spiro atoms. The standard InChI is InChI=1S/C24H26NS/c1-15(2)10-18-6-7-21-20(13-18)12-17(4)25(5)24(21)22-14-23-19(8-9-26-23)11-16(22)3/h6-9,11-15H,10H2,1-5H3/q+1. The molecule has 4 rings (SSSR count). The van der Waals surface area contributed by atoms with Gasteiger partial charge in [0.15, 0.2) is 5.69 Å². The maximum Gasteiger partial charge on any atom is 0.220 e. The fourth-order valence-corrected chi connectivity index (χ4v) is 4.74. The van der Waals surface area contributed by atoms with Gasteiger partial charge in [0.25, 0.3) is 0 Å². The second-order valence-electron chi connectivity index (χ2n) is 7.84. The fourth-order valence-electron chi connectivity index (χ4n) is 3.93. The van der Waals surface area contributed by atoms with Crippen molar-refractivity contribution in [2.24, 2.45) is 13.0 Å². The van der Waals surface area contributed by atoms with Crippen LogP contribution in [0.4, 0.5) is 0 Å². The van der Waals surface area contributed by atoms with Crippen LogP contribution in [0.5, 0.6) is 0 Å². The number of fused-ring (bicyclic) bond motifs is 2. The molecule has 0 N–H and O–H groups in total. The van der Waals surface area contributed by atoms with Gasteiger partial charge in [-0.1, -0.05) is 26.0 Å². The minimum absolute atomic E-state index is 0.677. The molecular formula is C24H26NS+. The van der Waals surface area contributed by atoms with Crippen molar-refractivity contribution in [3.63, 3.8) is 0 Å². The zero-order valence-corrected chi connectivity index (χ0v) is 17.1. The minimum atomic E-state index is 0.677. The van der Waals surface area contributed by atoms with Crippen LogP contribution in [-0.2, 0) is 13.5 Å². The zero-order valence-electron chi connectivity index (χ0n) is 16.3. The lowest BCUT2D eigenvalue weighted by atomic mass is 9.95.